The van der Waals surface area contributed by atoms with Crippen molar-refractivity contribution in [2.75, 3.05) is 0 Å². The molecule has 0 aliphatic carbocycles. The van der Waals surface area contributed by atoms with E-state index in [1.165, 1.54) is 10.4 Å². The molecule has 0 radical (unpaired) electrons. The van der Waals surface area contributed by atoms with Gasteiger partial charge in [0.2, 0.25) is 0 Å². The van der Waals surface area contributed by atoms with E-state index in [9.17, 15) is 0 Å². The quantitative estimate of drug-likeness (QED) is 0.454. The molecule has 0 unspecified atom stereocenters. The Labute approximate surface area is 119 Å². The first-order chi connectivity index (χ1) is 5.47. The third kappa shape index (κ3) is 2.52. The monoisotopic (exact) mass is 198 g/mol. The molecule has 0 nitrogen and oxygen atoms in total. The van der Waals surface area contributed by atoms with Crippen molar-refractivity contribution >= 4 is 11.3 Å². The van der Waals surface area contributed by atoms with Crippen LogP contribution in [0.3, 0.4) is 0 Å². The number of thiophene rings is 1. The molecule has 1 aromatic carbocycles. The van der Waals surface area contributed by atoms with Gasteiger partial charge in [-0.25, -0.2) is 0 Å². The fourth-order valence-electron chi connectivity index (χ4n) is 0.994. The van der Waals surface area contributed by atoms with Crippen molar-refractivity contribution in [3.8, 4) is 10.4 Å². The van der Waals surface area contributed by atoms with Gasteiger partial charge in [0.05, 0.1) is 0 Å². The summed E-state index contributed by atoms with van der Waals surface area (Å²) < 4.78 is 0. The molecule has 0 amide bonds. The van der Waals surface area contributed by atoms with Crippen molar-refractivity contribution in [2.45, 2.75) is 0 Å². The van der Waals surface area contributed by atoms with Gasteiger partial charge in [-0.1, -0.05) is 6.07 Å². The molecule has 54 valence electrons. The molecule has 0 aliphatic heterocycles. The fourth-order valence-corrected chi connectivity index (χ4v) is 1.73. The van der Waals surface area contributed by atoms with Crippen LogP contribution < -0.4 is 51.4 Å². The van der Waals surface area contributed by atoms with Gasteiger partial charge in [0, 0.05) is 4.88 Å². The molecule has 0 fully saturated rings. The molecule has 1 aromatic heterocycles. The third-order valence-electron chi connectivity index (χ3n) is 1.52. The largest absolute Gasteiger partial charge is 1.00 e. The first-order valence-corrected chi connectivity index (χ1v) is 4.35. The van der Waals surface area contributed by atoms with E-state index in [1.807, 2.05) is 12.1 Å². The van der Waals surface area contributed by atoms with Gasteiger partial charge in [-0.05, 0) is 11.4 Å². The molecule has 2 aromatic rings. The first kappa shape index (κ1) is 10.6. The van der Waals surface area contributed by atoms with E-state index in [-0.39, 0.29) is 51.4 Å². The summed E-state index contributed by atoms with van der Waals surface area (Å²) >= 11 is 1.76. The van der Waals surface area contributed by atoms with Gasteiger partial charge in [0.1, 0.15) is 0 Å². The standard InChI is InChI=1S/C10H7S.K/c1-2-5-9(6-3-1)10-7-4-8-11-10;/h2-8H;/q-1;+1. The van der Waals surface area contributed by atoms with Crippen LogP contribution in [0.1, 0.15) is 0 Å². The Hall–Kier alpha value is 0.556. The van der Waals surface area contributed by atoms with Crippen molar-refractivity contribution in [1.82, 2.24) is 0 Å². The average molecular weight is 198 g/mol. The molecule has 0 N–H and O–H groups in total. The second-order valence-electron chi connectivity index (χ2n) is 2.27. The smallest absolute Gasteiger partial charge is 0.184 e. The Balaban J connectivity index is 0.000000720. The summed E-state index contributed by atoms with van der Waals surface area (Å²) in [6.07, 6.45) is 0. The first-order valence-electron chi connectivity index (χ1n) is 3.47. The minimum Gasteiger partial charge on any atom is -0.184 e. The molecule has 2 rings (SSSR count). The average Bonchev–Trinajstić information content (AvgIpc) is 2.58. The molecule has 0 atom stereocenters. The van der Waals surface area contributed by atoms with Crippen molar-refractivity contribution in [1.29, 1.82) is 0 Å². The Morgan fingerprint density at radius 3 is 2.42 bits per heavy atom. The second-order valence-corrected chi connectivity index (χ2v) is 3.21. The normalized spacial score (nSPS) is 9.00. The molecule has 0 saturated carbocycles. The zero-order valence-electron chi connectivity index (χ0n) is 6.95. The van der Waals surface area contributed by atoms with Crippen molar-refractivity contribution in [2.24, 2.45) is 0 Å². The van der Waals surface area contributed by atoms with E-state index in [2.05, 4.69) is 35.7 Å². The van der Waals surface area contributed by atoms with Gasteiger partial charge in [0.15, 0.2) is 0 Å². The predicted octanol–water partition coefficient (Wildman–Crippen LogP) is 0.219. The number of benzene rings is 1. The molecule has 1 heterocycles. The summed E-state index contributed by atoms with van der Waals surface area (Å²) in [7, 11) is 0. The maximum absolute atomic E-state index is 3.00. The zero-order valence-corrected chi connectivity index (χ0v) is 10.9. The van der Waals surface area contributed by atoms with Crippen LogP contribution in [0.15, 0.2) is 41.8 Å². The van der Waals surface area contributed by atoms with E-state index in [1.54, 1.807) is 11.3 Å². The zero-order chi connectivity index (χ0) is 7.52. The molecular formula is C10H7KS. The van der Waals surface area contributed by atoms with Gasteiger partial charge in [-0.3, -0.25) is 0 Å². The van der Waals surface area contributed by atoms with Gasteiger partial charge < -0.3 is 0 Å². The second kappa shape index (κ2) is 5.32. The van der Waals surface area contributed by atoms with Crippen molar-refractivity contribution in [3.63, 3.8) is 0 Å². The van der Waals surface area contributed by atoms with E-state index in [0.29, 0.717) is 0 Å². The Morgan fingerprint density at radius 1 is 1.08 bits per heavy atom. The Kier molecular flexibility index (Phi) is 4.72. The summed E-state index contributed by atoms with van der Waals surface area (Å²) in [5, 5.41) is 2.09. The summed E-state index contributed by atoms with van der Waals surface area (Å²) in [5.41, 5.74) is 1.28. The maximum atomic E-state index is 3.00. The molecule has 2 heteroatoms. The van der Waals surface area contributed by atoms with Crippen LogP contribution in [-0.2, 0) is 0 Å². The number of hydrogen-bond acceptors (Lipinski definition) is 1. The van der Waals surface area contributed by atoms with Gasteiger partial charge in [-0.2, -0.15) is 30.3 Å². The van der Waals surface area contributed by atoms with Gasteiger partial charge in [0.25, 0.3) is 0 Å². The molecule has 12 heavy (non-hydrogen) atoms. The predicted molar refractivity (Wildman–Crippen MR) is 48.6 cm³/mol. The Bertz CT molecular complexity index is 313. The van der Waals surface area contributed by atoms with Crippen LogP contribution in [0, 0.1) is 6.07 Å². The SMILES string of the molecule is [K+].[c-]1ccc(-c2cccs2)cc1. The van der Waals surface area contributed by atoms with E-state index >= 15 is 0 Å². The van der Waals surface area contributed by atoms with Crippen LogP contribution in [0.2, 0.25) is 0 Å². The summed E-state index contributed by atoms with van der Waals surface area (Å²) in [4.78, 5) is 1.32. The van der Waals surface area contributed by atoms with Crippen LogP contribution in [0.5, 0.6) is 0 Å². The fraction of sp³-hybridized carbons (Fsp3) is 0. The van der Waals surface area contributed by atoms with Crippen LogP contribution in [-0.4, -0.2) is 0 Å². The molecule has 0 saturated heterocycles. The van der Waals surface area contributed by atoms with Gasteiger partial charge in [-0.15, -0.1) is 16.9 Å². The Morgan fingerprint density at radius 2 is 1.83 bits per heavy atom. The number of hydrogen-bond donors (Lipinski definition) is 0. The van der Waals surface area contributed by atoms with Crippen LogP contribution in [0.4, 0.5) is 0 Å². The summed E-state index contributed by atoms with van der Waals surface area (Å²) in [5.74, 6) is 0. The van der Waals surface area contributed by atoms with Crippen LogP contribution >= 0.6 is 11.3 Å². The number of rotatable bonds is 1. The minimum atomic E-state index is 0. The van der Waals surface area contributed by atoms with E-state index in [0.717, 1.165) is 0 Å². The topological polar surface area (TPSA) is 0 Å². The van der Waals surface area contributed by atoms with Crippen molar-refractivity contribution < 1.29 is 51.4 Å². The van der Waals surface area contributed by atoms with E-state index < -0.39 is 0 Å². The summed E-state index contributed by atoms with van der Waals surface area (Å²) in [6.45, 7) is 0. The van der Waals surface area contributed by atoms with Crippen LogP contribution in [0.25, 0.3) is 10.4 Å². The molecule has 0 aliphatic rings. The van der Waals surface area contributed by atoms with E-state index in [4.69, 9.17) is 0 Å². The molecular weight excluding hydrogens is 191 g/mol. The maximum Gasteiger partial charge on any atom is 1.00 e. The van der Waals surface area contributed by atoms with Gasteiger partial charge >= 0.3 is 51.4 Å². The molecule has 0 bridgehead atoms. The molecule has 0 spiro atoms. The minimum absolute atomic E-state index is 0. The third-order valence-corrected chi connectivity index (χ3v) is 2.44. The summed E-state index contributed by atoms with van der Waals surface area (Å²) in [6, 6.07) is 15.2. The van der Waals surface area contributed by atoms with Crippen molar-refractivity contribution in [3.05, 3.63) is 47.8 Å².